The predicted octanol–water partition coefficient (Wildman–Crippen LogP) is 2.01. The van der Waals surface area contributed by atoms with Gasteiger partial charge in [-0.05, 0) is 49.6 Å². The molecular weight excluding hydrogens is 335 g/mol. The van der Waals surface area contributed by atoms with Crippen LogP contribution in [0.2, 0.25) is 0 Å². The Kier molecular flexibility index (Phi) is 8.65. The number of aliphatic hydroxyl groups is 1. The van der Waals surface area contributed by atoms with E-state index in [9.17, 15) is 5.11 Å². The van der Waals surface area contributed by atoms with E-state index in [1.54, 1.807) is 0 Å². The van der Waals surface area contributed by atoms with Crippen molar-refractivity contribution in [3.05, 3.63) is 29.3 Å². The van der Waals surface area contributed by atoms with E-state index in [0.717, 1.165) is 38.3 Å². The van der Waals surface area contributed by atoms with Crippen LogP contribution in [0.3, 0.4) is 0 Å². The van der Waals surface area contributed by atoms with Crippen molar-refractivity contribution >= 4 is 24.8 Å². The van der Waals surface area contributed by atoms with Gasteiger partial charge in [0, 0.05) is 32.7 Å². The van der Waals surface area contributed by atoms with E-state index in [0.29, 0.717) is 13.2 Å². The summed E-state index contributed by atoms with van der Waals surface area (Å²) in [5.41, 5.74) is 2.88. The van der Waals surface area contributed by atoms with Crippen molar-refractivity contribution in [2.45, 2.75) is 25.4 Å². The highest BCUT2D eigenvalue weighted by atomic mass is 35.5. The molecule has 0 saturated carbocycles. The molecule has 1 unspecified atom stereocenters. The number of hydrogen-bond donors (Lipinski definition) is 1. The second-order valence-corrected chi connectivity index (χ2v) is 6.35. The van der Waals surface area contributed by atoms with Gasteiger partial charge in [-0.1, -0.05) is 6.07 Å². The van der Waals surface area contributed by atoms with Gasteiger partial charge in [0.25, 0.3) is 0 Å². The van der Waals surface area contributed by atoms with Crippen LogP contribution in [0.15, 0.2) is 18.2 Å². The summed E-state index contributed by atoms with van der Waals surface area (Å²) in [4.78, 5) is 4.64. The Bertz CT molecular complexity index is 480. The Morgan fingerprint density at radius 1 is 1.09 bits per heavy atom. The molecule has 0 bridgehead atoms. The number of aryl methyl sites for hydroxylation is 2. The Balaban J connectivity index is 0.00000132. The first-order chi connectivity index (χ1) is 10.2. The standard InChI is InChI=1S/C17H26N2O2.2ClH/c1-18-7-9-19(10-8-18)12-16(20)13-21-17-6-5-14-3-2-4-15(14)11-17;;/h5-6,11,16,20H,2-4,7-10,12-13H2,1H3;2*1H. The zero-order valence-corrected chi connectivity index (χ0v) is 15.4. The monoisotopic (exact) mass is 362 g/mol. The number of benzene rings is 1. The van der Waals surface area contributed by atoms with Gasteiger partial charge in [-0.3, -0.25) is 4.90 Å². The molecule has 1 atom stereocenters. The van der Waals surface area contributed by atoms with Crippen LogP contribution in [0.25, 0.3) is 0 Å². The van der Waals surface area contributed by atoms with Crippen LogP contribution in [0.4, 0.5) is 0 Å². The number of piperazine rings is 1. The van der Waals surface area contributed by atoms with Crippen molar-refractivity contribution in [2.75, 3.05) is 46.4 Å². The third-order valence-electron chi connectivity index (χ3n) is 4.58. The molecule has 0 aromatic heterocycles. The van der Waals surface area contributed by atoms with Crippen LogP contribution in [0.1, 0.15) is 17.5 Å². The highest BCUT2D eigenvalue weighted by Gasteiger charge is 2.17. The minimum absolute atomic E-state index is 0. The maximum atomic E-state index is 10.1. The summed E-state index contributed by atoms with van der Waals surface area (Å²) >= 11 is 0. The molecule has 1 aromatic carbocycles. The van der Waals surface area contributed by atoms with E-state index in [2.05, 4.69) is 29.0 Å². The van der Waals surface area contributed by atoms with Crippen molar-refractivity contribution in [3.8, 4) is 5.75 Å². The normalized spacial score (nSPS) is 19.4. The number of hydrogen-bond acceptors (Lipinski definition) is 4. The number of rotatable bonds is 5. The summed E-state index contributed by atoms with van der Waals surface area (Å²) in [6.45, 7) is 5.32. The number of ether oxygens (including phenoxy) is 1. The van der Waals surface area contributed by atoms with E-state index in [1.807, 2.05) is 6.07 Å². The van der Waals surface area contributed by atoms with E-state index < -0.39 is 6.10 Å². The van der Waals surface area contributed by atoms with E-state index in [-0.39, 0.29) is 24.8 Å². The largest absolute Gasteiger partial charge is 0.491 e. The predicted molar refractivity (Wildman–Crippen MR) is 98.4 cm³/mol. The van der Waals surface area contributed by atoms with Crippen molar-refractivity contribution in [1.29, 1.82) is 0 Å². The van der Waals surface area contributed by atoms with E-state index >= 15 is 0 Å². The molecule has 1 aliphatic heterocycles. The van der Waals surface area contributed by atoms with Gasteiger partial charge in [-0.25, -0.2) is 0 Å². The molecule has 0 radical (unpaired) electrons. The number of likely N-dealkylation sites (N-methyl/N-ethyl adjacent to an activating group) is 1. The lowest BCUT2D eigenvalue weighted by Gasteiger charge is -2.33. The molecule has 1 aromatic rings. The minimum Gasteiger partial charge on any atom is -0.491 e. The Morgan fingerprint density at radius 2 is 1.78 bits per heavy atom. The van der Waals surface area contributed by atoms with Gasteiger partial charge in [-0.2, -0.15) is 0 Å². The SMILES string of the molecule is CN1CCN(CC(O)COc2ccc3c(c2)CCC3)CC1.Cl.Cl. The second-order valence-electron chi connectivity index (χ2n) is 6.35. The molecule has 0 amide bonds. The van der Waals surface area contributed by atoms with E-state index in [4.69, 9.17) is 4.74 Å². The van der Waals surface area contributed by atoms with Crippen LogP contribution >= 0.6 is 24.8 Å². The molecule has 1 N–H and O–H groups in total. The summed E-state index contributed by atoms with van der Waals surface area (Å²) in [5.74, 6) is 0.896. The molecule has 4 nitrogen and oxygen atoms in total. The second kappa shape index (κ2) is 9.70. The molecule has 0 spiro atoms. The average Bonchev–Trinajstić information content (AvgIpc) is 2.95. The third-order valence-corrected chi connectivity index (χ3v) is 4.58. The van der Waals surface area contributed by atoms with Crippen LogP contribution in [-0.4, -0.2) is 67.4 Å². The minimum atomic E-state index is -0.415. The van der Waals surface area contributed by atoms with Crippen molar-refractivity contribution in [2.24, 2.45) is 0 Å². The fraction of sp³-hybridized carbons (Fsp3) is 0.647. The first-order valence-corrected chi connectivity index (χ1v) is 8.04. The lowest BCUT2D eigenvalue weighted by Crippen LogP contribution is -2.47. The lowest BCUT2D eigenvalue weighted by molar-refractivity contribution is 0.0504. The molecule has 1 heterocycles. The summed E-state index contributed by atoms with van der Waals surface area (Å²) < 4.78 is 5.77. The first-order valence-electron chi connectivity index (χ1n) is 8.04. The number of nitrogens with zero attached hydrogens (tertiary/aromatic N) is 2. The molecule has 1 aliphatic carbocycles. The molecule has 2 aliphatic rings. The molecular formula is C17H28Cl2N2O2. The third kappa shape index (κ3) is 5.80. The number of halogens is 2. The number of β-amino-alcohol motifs (C(OH)–C–C–N with tert-alkyl or cyclic N) is 1. The molecule has 1 saturated heterocycles. The topological polar surface area (TPSA) is 35.9 Å². The smallest absolute Gasteiger partial charge is 0.119 e. The first kappa shape index (κ1) is 20.5. The van der Waals surface area contributed by atoms with Gasteiger partial charge >= 0.3 is 0 Å². The molecule has 6 heteroatoms. The fourth-order valence-corrected chi connectivity index (χ4v) is 3.21. The molecule has 1 fully saturated rings. The summed E-state index contributed by atoms with van der Waals surface area (Å²) in [6, 6.07) is 6.35. The number of aliphatic hydroxyl groups excluding tert-OH is 1. The van der Waals surface area contributed by atoms with Crippen molar-refractivity contribution < 1.29 is 9.84 Å². The lowest BCUT2D eigenvalue weighted by atomic mass is 10.1. The highest BCUT2D eigenvalue weighted by molar-refractivity contribution is 5.85. The molecule has 132 valence electrons. The molecule has 3 rings (SSSR count). The van der Waals surface area contributed by atoms with Gasteiger partial charge in [-0.15, -0.1) is 24.8 Å². The summed E-state index contributed by atoms with van der Waals surface area (Å²) in [7, 11) is 2.14. The quantitative estimate of drug-likeness (QED) is 0.868. The van der Waals surface area contributed by atoms with Gasteiger partial charge in [0.05, 0.1) is 0 Å². The van der Waals surface area contributed by atoms with Crippen molar-refractivity contribution in [3.63, 3.8) is 0 Å². The maximum absolute atomic E-state index is 10.1. The van der Waals surface area contributed by atoms with E-state index in [1.165, 1.54) is 24.0 Å². The highest BCUT2D eigenvalue weighted by Crippen LogP contribution is 2.26. The Labute approximate surface area is 151 Å². The fourth-order valence-electron chi connectivity index (χ4n) is 3.21. The summed E-state index contributed by atoms with van der Waals surface area (Å²) in [5, 5.41) is 10.1. The average molecular weight is 363 g/mol. The van der Waals surface area contributed by atoms with Crippen LogP contribution in [-0.2, 0) is 12.8 Å². The Morgan fingerprint density at radius 3 is 2.52 bits per heavy atom. The van der Waals surface area contributed by atoms with Gasteiger partial charge in [0.2, 0.25) is 0 Å². The number of fused-ring (bicyclic) bond motifs is 1. The van der Waals surface area contributed by atoms with Crippen molar-refractivity contribution in [1.82, 2.24) is 9.80 Å². The zero-order valence-electron chi connectivity index (χ0n) is 13.7. The Hall–Kier alpha value is -0.520. The zero-order chi connectivity index (χ0) is 14.7. The maximum Gasteiger partial charge on any atom is 0.119 e. The van der Waals surface area contributed by atoms with Gasteiger partial charge in [0.1, 0.15) is 18.5 Å². The van der Waals surface area contributed by atoms with Gasteiger partial charge < -0.3 is 14.7 Å². The van der Waals surface area contributed by atoms with Crippen LogP contribution in [0, 0.1) is 0 Å². The van der Waals surface area contributed by atoms with Gasteiger partial charge in [0.15, 0.2) is 0 Å². The van der Waals surface area contributed by atoms with Crippen LogP contribution in [0.5, 0.6) is 5.75 Å². The summed E-state index contributed by atoms with van der Waals surface area (Å²) in [6.07, 6.45) is 3.20. The molecule has 23 heavy (non-hydrogen) atoms. The van der Waals surface area contributed by atoms with Crippen LogP contribution < -0.4 is 4.74 Å².